The van der Waals surface area contributed by atoms with E-state index >= 15 is 0 Å². The number of carboxylic acid groups (broad SMARTS) is 1. The van der Waals surface area contributed by atoms with Crippen LogP contribution in [0.1, 0.15) is 42.5 Å². The van der Waals surface area contributed by atoms with Crippen molar-refractivity contribution in [1.82, 2.24) is 15.2 Å². The average molecular weight is 435 g/mol. The van der Waals surface area contributed by atoms with Crippen LogP contribution in [0.3, 0.4) is 0 Å². The van der Waals surface area contributed by atoms with Gasteiger partial charge >= 0.3 is 12.1 Å². The summed E-state index contributed by atoms with van der Waals surface area (Å²) in [5.41, 5.74) is -0.788. The largest absolute Gasteiger partial charge is 0.479 e. The second-order valence-corrected chi connectivity index (χ2v) is 7.28. The van der Waals surface area contributed by atoms with Gasteiger partial charge in [0, 0.05) is 18.0 Å². The maximum atomic E-state index is 12.9. The van der Waals surface area contributed by atoms with Crippen LogP contribution in [0.15, 0.2) is 48.8 Å². The number of hydrogen-bond acceptors (Lipinski definition) is 5. The summed E-state index contributed by atoms with van der Waals surface area (Å²) < 4.78 is 50.1. The number of benzene rings is 1. The molecule has 2 heterocycles. The monoisotopic (exact) mass is 435 g/mol. The molecule has 7 nitrogen and oxygen atoms in total. The summed E-state index contributed by atoms with van der Waals surface area (Å²) in [6, 6.07) is 8.42. The molecule has 0 saturated carbocycles. The van der Waals surface area contributed by atoms with Crippen LogP contribution >= 0.6 is 0 Å². The number of aromatic amines is 1. The Morgan fingerprint density at radius 1 is 1.10 bits per heavy atom. The third-order valence-electron chi connectivity index (χ3n) is 4.50. The fourth-order valence-corrected chi connectivity index (χ4v) is 2.70. The highest BCUT2D eigenvalue weighted by Crippen LogP contribution is 2.33. The highest BCUT2D eigenvalue weighted by atomic mass is 19.4. The second-order valence-electron chi connectivity index (χ2n) is 7.28. The van der Waals surface area contributed by atoms with Crippen molar-refractivity contribution in [2.75, 3.05) is 0 Å². The number of carboxylic acids is 1. The van der Waals surface area contributed by atoms with Crippen LogP contribution in [0.5, 0.6) is 11.5 Å². The Morgan fingerprint density at radius 3 is 2.23 bits per heavy atom. The van der Waals surface area contributed by atoms with Gasteiger partial charge in [-0.1, -0.05) is 0 Å². The minimum atomic E-state index is -4.49. The molecule has 1 atom stereocenters. The molecule has 3 rings (SSSR count). The number of aromatic nitrogens is 3. The van der Waals surface area contributed by atoms with Crippen molar-refractivity contribution in [2.45, 2.75) is 38.7 Å². The molecule has 0 aliphatic rings. The third-order valence-corrected chi connectivity index (χ3v) is 4.50. The lowest BCUT2D eigenvalue weighted by atomic mass is 10.1. The lowest BCUT2D eigenvalue weighted by molar-refractivity contribution is -0.152. The Hall–Kier alpha value is -3.56. The fraction of sp³-hybridized carbons (Fsp3) is 0.286. The zero-order valence-corrected chi connectivity index (χ0v) is 16.9. The fourth-order valence-electron chi connectivity index (χ4n) is 2.70. The highest BCUT2D eigenvalue weighted by Gasteiger charge is 2.32. The van der Waals surface area contributed by atoms with Gasteiger partial charge in [0.1, 0.15) is 11.5 Å². The zero-order chi connectivity index (χ0) is 22.8. The van der Waals surface area contributed by atoms with E-state index in [4.69, 9.17) is 14.6 Å². The molecule has 0 amide bonds. The first-order valence-corrected chi connectivity index (χ1v) is 9.20. The van der Waals surface area contributed by atoms with Crippen molar-refractivity contribution in [2.24, 2.45) is 0 Å². The van der Waals surface area contributed by atoms with Gasteiger partial charge in [-0.15, -0.1) is 0 Å². The molecule has 10 heteroatoms. The van der Waals surface area contributed by atoms with Gasteiger partial charge in [-0.3, -0.25) is 10.1 Å². The molecule has 2 aromatic heterocycles. The number of alkyl halides is 3. The van der Waals surface area contributed by atoms with Crippen LogP contribution in [0, 0.1) is 6.92 Å². The summed E-state index contributed by atoms with van der Waals surface area (Å²) in [7, 11) is 0. The molecule has 0 aliphatic carbocycles. The number of aliphatic carboxylic acids is 1. The molecule has 3 aromatic rings. The Balaban J connectivity index is 1.87. The lowest BCUT2D eigenvalue weighted by Gasteiger charge is -2.22. The Bertz CT molecular complexity index is 1040. The maximum absolute atomic E-state index is 12.9. The van der Waals surface area contributed by atoms with Gasteiger partial charge in [0.15, 0.2) is 11.7 Å². The standard InChI is InChI=1S/C21H20F3N3O4/c1-12-16(11-26-27-12)18(17-9-4-13(10-25-17)21(22,23)24)30-14-5-7-15(8-6-14)31-20(2,3)19(28)29/h4-11,18H,1-3H3,(H,26,27)(H,28,29). The first-order chi connectivity index (χ1) is 14.5. The first-order valence-electron chi connectivity index (χ1n) is 9.20. The first kappa shape index (κ1) is 22.1. The van der Waals surface area contributed by atoms with Crippen molar-refractivity contribution in [3.05, 3.63) is 71.3 Å². The van der Waals surface area contributed by atoms with E-state index in [0.717, 1.165) is 12.3 Å². The number of pyridine rings is 1. The molecular weight excluding hydrogens is 415 g/mol. The highest BCUT2D eigenvalue weighted by molar-refractivity contribution is 5.76. The molecule has 0 aliphatic heterocycles. The van der Waals surface area contributed by atoms with Crippen molar-refractivity contribution in [1.29, 1.82) is 0 Å². The number of carbonyl (C=O) groups is 1. The molecule has 0 fully saturated rings. The van der Waals surface area contributed by atoms with Gasteiger partial charge in [-0.05, 0) is 57.2 Å². The SMILES string of the molecule is Cc1n[nH]cc1C(Oc1ccc(OC(C)(C)C(=O)O)cc1)c1ccc(C(F)(F)F)cn1. The van der Waals surface area contributed by atoms with Crippen molar-refractivity contribution >= 4 is 5.97 Å². The molecule has 1 unspecified atom stereocenters. The number of hydrogen-bond donors (Lipinski definition) is 2. The van der Waals surface area contributed by atoms with E-state index in [1.54, 1.807) is 37.4 Å². The molecule has 0 radical (unpaired) electrons. The molecule has 0 saturated heterocycles. The van der Waals surface area contributed by atoms with E-state index in [1.165, 1.54) is 19.9 Å². The van der Waals surface area contributed by atoms with E-state index in [0.29, 0.717) is 22.8 Å². The van der Waals surface area contributed by atoms with Gasteiger partial charge in [-0.25, -0.2) is 4.79 Å². The van der Waals surface area contributed by atoms with E-state index in [1.807, 2.05) is 0 Å². The van der Waals surface area contributed by atoms with Gasteiger partial charge in [0.2, 0.25) is 0 Å². The van der Waals surface area contributed by atoms with Gasteiger partial charge in [0.05, 0.1) is 17.0 Å². The predicted octanol–water partition coefficient (Wildman–Crippen LogP) is 4.54. The van der Waals surface area contributed by atoms with E-state index in [9.17, 15) is 18.0 Å². The summed E-state index contributed by atoms with van der Waals surface area (Å²) in [4.78, 5) is 15.2. The summed E-state index contributed by atoms with van der Waals surface area (Å²) in [6.07, 6.45) is -2.96. The molecule has 0 spiro atoms. The van der Waals surface area contributed by atoms with Crippen LogP contribution in [0.2, 0.25) is 0 Å². The number of rotatable bonds is 7. The molecule has 2 N–H and O–H groups in total. The molecule has 0 bridgehead atoms. The molecule has 164 valence electrons. The summed E-state index contributed by atoms with van der Waals surface area (Å²) in [5, 5.41) is 15.9. The van der Waals surface area contributed by atoms with Crippen LogP contribution < -0.4 is 9.47 Å². The second kappa shape index (κ2) is 8.29. The van der Waals surface area contributed by atoms with E-state index in [-0.39, 0.29) is 5.69 Å². The smallest absolute Gasteiger partial charge is 0.417 e. The molecule has 31 heavy (non-hydrogen) atoms. The quantitative estimate of drug-likeness (QED) is 0.566. The van der Waals surface area contributed by atoms with Gasteiger partial charge < -0.3 is 14.6 Å². The number of aryl methyl sites for hydroxylation is 1. The third kappa shape index (κ3) is 5.14. The number of halogens is 3. The van der Waals surface area contributed by atoms with Gasteiger partial charge in [0.25, 0.3) is 0 Å². The van der Waals surface area contributed by atoms with E-state index < -0.39 is 29.4 Å². The average Bonchev–Trinajstić information content (AvgIpc) is 3.12. The minimum Gasteiger partial charge on any atom is -0.479 e. The van der Waals surface area contributed by atoms with Crippen LogP contribution in [0.4, 0.5) is 13.2 Å². The summed E-state index contributed by atoms with van der Waals surface area (Å²) in [6.45, 7) is 4.58. The minimum absolute atomic E-state index is 0.268. The Morgan fingerprint density at radius 2 is 1.74 bits per heavy atom. The van der Waals surface area contributed by atoms with Crippen molar-refractivity contribution in [3.63, 3.8) is 0 Å². The normalized spacial score (nSPS) is 13.0. The molecule has 1 aromatic carbocycles. The Labute approximate surface area is 175 Å². The number of nitrogens with one attached hydrogen (secondary N) is 1. The van der Waals surface area contributed by atoms with Crippen LogP contribution in [-0.4, -0.2) is 31.9 Å². The Kier molecular flexibility index (Phi) is 5.92. The van der Waals surface area contributed by atoms with Crippen molar-refractivity contribution < 1.29 is 32.5 Å². The van der Waals surface area contributed by atoms with Crippen LogP contribution in [0.25, 0.3) is 0 Å². The lowest BCUT2D eigenvalue weighted by Crippen LogP contribution is -2.37. The summed E-state index contributed by atoms with van der Waals surface area (Å²) in [5.74, 6) is -0.409. The summed E-state index contributed by atoms with van der Waals surface area (Å²) >= 11 is 0. The number of nitrogens with zero attached hydrogens (tertiary/aromatic N) is 2. The topological polar surface area (TPSA) is 97.3 Å². The number of H-pyrrole nitrogens is 1. The van der Waals surface area contributed by atoms with E-state index in [2.05, 4.69) is 15.2 Å². The molecular formula is C21H20F3N3O4. The van der Waals surface area contributed by atoms with Crippen LogP contribution in [-0.2, 0) is 11.0 Å². The van der Waals surface area contributed by atoms with Crippen molar-refractivity contribution in [3.8, 4) is 11.5 Å². The van der Waals surface area contributed by atoms with Gasteiger partial charge in [-0.2, -0.15) is 18.3 Å². The maximum Gasteiger partial charge on any atom is 0.417 e. The predicted molar refractivity (Wildman–Crippen MR) is 104 cm³/mol. The zero-order valence-electron chi connectivity index (χ0n) is 16.9. The number of ether oxygens (including phenoxy) is 2.